The van der Waals surface area contributed by atoms with E-state index >= 15 is 0 Å². The third-order valence-electron chi connectivity index (χ3n) is 2.66. The Morgan fingerprint density at radius 2 is 2.20 bits per heavy atom. The summed E-state index contributed by atoms with van der Waals surface area (Å²) in [6.45, 7) is 1.78. The van der Waals surface area contributed by atoms with Gasteiger partial charge in [-0.05, 0) is 36.1 Å². The second-order valence-corrected chi connectivity index (χ2v) is 3.93. The highest BCUT2D eigenvalue weighted by atomic mass is 16.5. The van der Waals surface area contributed by atoms with Crippen LogP contribution in [0.3, 0.4) is 0 Å². The summed E-state index contributed by atoms with van der Waals surface area (Å²) < 4.78 is 5.14. The third-order valence-corrected chi connectivity index (χ3v) is 2.66. The molecule has 2 rings (SSSR count). The monoisotopic (exact) mass is 205 g/mol. The van der Waals surface area contributed by atoms with Crippen LogP contribution in [-0.2, 0) is 17.6 Å². The van der Waals surface area contributed by atoms with Crippen molar-refractivity contribution in [2.24, 2.45) is 5.73 Å². The van der Waals surface area contributed by atoms with Crippen molar-refractivity contribution < 1.29 is 9.53 Å². The number of benzene rings is 1. The fourth-order valence-electron chi connectivity index (χ4n) is 1.90. The molecule has 0 radical (unpaired) electrons. The molecular formula is C12H15NO2. The molecule has 0 aromatic heterocycles. The van der Waals surface area contributed by atoms with Gasteiger partial charge < -0.3 is 10.5 Å². The molecular weight excluding hydrogens is 190 g/mol. The van der Waals surface area contributed by atoms with E-state index in [1.54, 1.807) is 6.92 Å². The molecule has 15 heavy (non-hydrogen) atoms. The molecule has 1 aromatic carbocycles. The second-order valence-electron chi connectivity index (χ2n) is 3.93. The number of ether oxygens (including phenoxy) is 1. The molecule has 0 aliphatic heterocycles. The summed E-state index contributed by atoms with van der Waals surface area (Å²) >= 11 is 0. The van der Waals surface area contributed by atoms with Gasteiger partial charge in [0.1, 0.15) is 5.75 Å². The molecule has 1 aliphatic rings. The van der Waals surface area contributed by atoms with Gasteiger partial charge in [-0.15, -0.1) is 0 Å². The molecule has 80 valence electrons. The molecule has 1 atom stereocenters. The molecule has 1 unspecified atom stereocenters. The van der Waals surface area contributed by atoms with Crippen LogP contribution >= 0.6 is 0 Å². The van der Waals surface area contributed by atoms with Crippen molar-refractivity contribution in [2.45, 2.75) is 32.2 Å². The maximum absolute atomic E-state index is 11.1. The van der Waals surface area contributed by atoms with E-state index in [1.807, 2.05) is 18.2 Å². The second kappa shape index (κ2) is 4.03. The summed E-state index contributed by atoms with van der Waals surface area (Å²) in [7, 11) is 0. The fourth-order valence-corrected chi connectivity index (χ4v) is 1.90. The number of fused-ring (bicyclic) bond motifs is 1. The van der Waals surface area contributed by atoms with Gasteiger partial charge in [-0.2, -0.15) is 0 Å². The van der Waals surface area contributed by atoms with Crippen molar-refractivity contribution in [1.29, 1.82) is 0 Å². The predicted molar refractivity (Wildman–Crippen MR) is 57.8 cm³/mol. The summed E-state index contributed by atoms with van der Waals surface area (Å²) in [6, 6.07) is 5.98. The van der Waals surface area contributed by atoms with Crippen LogP contribution in [0, 0.1) is 0 Å². The first kappa shape index (κ1) is 10.2. The zero-order valence-corrected chi connectivity index (χ0v) is 8.82. The van der Waals surface area contributed by atoms with Crippen molar-refractivity contribution in [3.05, 3.63) is 29.3 Å². The first-order valence-corrected chi connectivity index (χ1v) is 5.27. The van der Waals surface area contributed by atoms with Crippen LogP contribution in [0.2, 0.25) is 0 Å². The van der Waals surface area contributed by atoms with E-state index in [1.165, 1.54) is 11.1 Å². The minimum absolute atomic E-state index is 0.197. The van der Waals surface area contributed by atoms with Gasteiger partial charge in [-0.25, -0.2) is 0 Å². The van der Waals surface area contributed by atoms with Gasteiger partial charge in [0.15, 0.2) is 0 Å². The molecule has 2 N–H and O–H groups in total. The van der Waals surface area contributed by atoms with E-state index in [4.69, 9.17) is 10.5 Å². The van der Waals surface area contributed by atoms with Gasteiger partial charge in [0.25, 0.3) is 0 Å². The van der Waals surface area contributed by atoms with Gasteiger partial charge in [-0.1, -0.05) is 13.0 Å². The first-order chi connectivity index (χ1) is 7.19. The number of esters is 1. The van der Waals surface area contributed by atoms with Crippen LogP contribution in [0.1, 0.15) is 24.5 Å². The van der Waals surface area contributed by atoms with Crippen molar-refractivity contribution in [3.8, 4) is 5.75 Å². The highest BCUT2D eigenvalue weighted by Gasteiger charge is 2.18. The Bertz CT molecular complexity index is 387. The van der Waals surface area contributed by atoms with Gasteiger partial charge >= 0.3 is 5.97 Å². The molecule has 3 heteroatoms. The average Bonchev–Trinajstić information content (AvgIpc) is 2.57. The smallest absolute Gasteiger partial charge is 0.310 e. The lowest BCUT2D eigenvalue weighted by Crippen LogP contribution is -2.18. The van der Waals surface area contributed by atoms with E-state index in [2.05, 4.69) is 0 Å². The van der Waals surface area contributed by atoms with Crippen LogP contribution in [0.5, 0.6) is 5.75 Å². The van der Waals surface area contributed by atoms with Gasteiger partial charge in [0.05, 0.1) is 0 Å². The average molecular weight is 205 g/mol. The van der Waals surface area contributed by atoms with Gasteiger partial charge in [0, 0.05) is 12.5 Å². The molecule has 0 spiro atoms. The molecule has 0 amide bonds. The zero-order valence-electron chi connectivity index (χ0n) is 8.82. The molecule has 1 aliphatic carbocycles. The topological polar surface area (TPSA) is 52.3 Å². The molecule has 0 heterocycles. The quantitative estimate of drug-likeness (QED) is 0.587. The summed E-state index contributed by atoms with van der Waals surface area (Å²) in [5.74, 6) is 0.437. The summed E-state index contributed by atoms with van der Waals surface area (Å²) in [6.07, 6.45) is 2.21. The van der Waals surface area contributed by atoms with E-state index < -0.39 is 0 Å². The minimum atomic E-state index is -0.197. The standard InChI is InChI=1S/C12H15NO2/c1-2-12(14)15-11-4-3-8-5-10(13)6-9(8)7-11/h3-4,7,10H,2,5-6,13H2,1H3. The molecule has 0 saturated heterocycles. The largest absolute Gasteiger partial charge is 0.427 e. The number of hydrogen-bond donors (Lipinski definition) is 1. The van der Waals surface area contributed by atoms with Crippen LogP contribution in [-0.4, -0.2) is 12.0 Å². The van der Waals surface area contributed by atoms with E-state index in [0.29, 0.717) is 12.2 Å². The molecule has 1 aromatic rings. The maximum atomic E-state index is 11.1. The lowest BCUT2D eigenvalue weighted by Gasteiger charge is -2.04. The normalized spacial score (nSPS) is 18.7. The number of carbonyl (C=O) groups excluding carboxylic acids is 1. The van der Waals surface area contributed by atoms with Crippen LogP contribution in [0.25, 0.3) is 0 Å². The highest BCUT2D eigenvalue weighted by molar-refractivity contribution is 5.72. The number of rotatable bonds is 2. The van der Waals surface area contributed by atoms with E-state index in [9.17, 15) is 4.79 Å². The fraction of sp³-hybridized carbons (Fsp3) is 0.417. The Kier molecular flexibility index (Phi) is 2.73. The minimum Gasteiger partial charge on any atom is -0.427 e. The van der Waals surface area contributed by atoms with Crippen LogP contribution in [0.4, 0.5) is 0 Å². The summed E-state index contributed by atoms with van der Waals surface area (Å²) in [5.41, 5.74) is 8.34. The lowest BCUT2D eigenvalue weighted by atomic mass is 10.1. The zero-order chi connectivity index (χ0) is 10.8. The maximum Gasteiger partial charge on any atom is 0.310 e. The van der Waals surface area contributed by atoms with Crippen molar-refractivity contribution in [2.75, 3.05) is 0 Å². The highest BCUT2D eigenvalue weighted by Crippen LogP contribution is 2.25. The Balaban J connectivity index is 2.16. The van der Waals surface area contributed by atoms with Crippen LogP contribution in [0.15, 0.2) is 18.2 Å². The summed E-state index contributed by atoms with van der Waals surface area (Å²) in [5, 5.41) is 0. The van der Waals surface area contributed by atoms with Crippen molar-refractivity contribution in [1.82, 2.24) is 0 Å². The molecule has 0 bridgehead atoms. The predicted octanol–water partition coefficient (Wildman–Crippen LogP) is 1.43. The van der Waals surface area contributed by atoms with E-state index in [0.717, 1.165) is 12.8 Å². The van der Waals surface area contributed by atoms with Crippen molar-refractivity contribution >= 4 is 5.97 Å². The summed E-state index contributed by atoms with van der Waals surface area (Å²) in [4.78, 5) is 11.1. The number of nitrogens with two attached hydrogens (primary N) is 1. The molecule has 3 nitrogen and oxygen atoms in total. The Morgan fingerprint density at radius 1 is 1.47 bits per heavy atom. The number of carbonyl (C=O) groups is 1. The van der Waals surface area contributed by atoms with Crippen LogP contribution < -0.4 is 10.5 Å². The number of hydrogen-bond acceptors (Lipinski definition) is 3. The lowest BCUT2D eigenvalue weighted by molar-refractivity contribution is -0.134. The Labute approximate surface area is 89.2 Å². The van der Waals surface area contributed by atoms with E-state index in [-0.39, 0.29) is 12.0 Å². The Hall–Kier alpha value is -1.35. The van der Waals surface area contributed by atoms with Gasteiger partial charge in [0.2, 0.25) is 0 Å². The van der Waals surface area contributed by atoms with Gasteiger partial charge in [-0.3, -0.25) is 4.79 Å². The SMILES string of the molecule is CCC(=O)Oc1ccc2c(c1)CC(N)C2. The third kappa shape index (κ3) is 2.18. The molecule has 0 fully saturated rings. The Morgan fingerprint density at radius 3 is 2.93 bits per heavy atom. The van der Waals surface area contributed by atoms with Crippen molar-refractivity contribution in [3.63, 3.8) is 0 Å². The molecule has 0 saturated carbocycles. The first-order valence-electron chi connectivity index (χ1n) is 5.27.